The van der Waals surface area contributed by atoms with Crippen LogP contribution in [0.2, 0.25) is 0 Å². The molecule has 0 fully saturated rings. The Morgan fingerprint density at radius 3 is 1.19 bits per heavy atom. The molecule has 0 aromatic carbocycles. The van der Waals surface area contributed by atoms with E-state index in [1.807, 2.05) is 0 Å². The van der Waals surface area contributed by atoms with Gasteiger partial charge in [-0.25, -0.2) is 8.42 Å². The van der Waals surface area contributed by atoms with Crippen molar-refractivity contribution in [3.05, 3.63) is 0 Å². The van der Waals surface area contributed by atoms with Gasteiger partial charge in [0.25, 0.3) is 10.0 Å². The summed E-state index contributed by atoms with van der Waals surface area (Å²) in [7, 11) is -2.91. The maximum absolute atomic E-state index is 14.1. The summed E-state index contributed by atoms with van der Waals surface area (Å²) >= 11 is 0.299. The van der Waals surface area contributed by atoms with Crippen LogP contribution in [0.3, 0.4) is 0 Å². The van der Waals surface area contributed by atoms with Gasteiger partial charge in [-0.2, -0.15) is 74.6 Å². The Balaban J connectivity index is 6.71. The van der Waals surface area contributed by atoms with E-state index in [4.69, 9.17) is 0 Å². The number of hydrogen-bond donors (Lipinski definition) is 0. The highest BCUT2D eigenvalue weighted by atomic mass is 127. The second-order valence-corrected chi connectivity index (χ2v) is 12.1. The predicted octanol–water partition coefficient (Wildman–Crippen LogP) is 6.03. The largest absolute Gasteiger partial charge is 0.460 e. The van der Waals surface area contributed by atoms with Crippen LogP contribution in [0.25, 0.3) is 0 Å². The first-order valence-electron chi connectivity index (χ1n) is 8.83. The minimum Gasteiger partial charge on any atom is -0.331 e. The lowest BCUT2D eigenvalue weighted by atomic mass is 9.91. The Labute approximate surface area is 210 Å². The van der Waals surface area contributed by atoms with Gasteiger partial charge in [0.05, 0.1) is 27.7 Å². The van der Waals surface area contributed by atoms with Gasteiger partial charge in [-0.3, -0.25) is 0 Å². The molecule has 37 heavy (non-hydrogen) atoms. The number of nitrogens with zero attached hydrogens (tertiary/aromatic N) is 2. The molecule has 0 unspecified atom stereocenters. The van der Waals surface area contributed by atoms with Crippen molar-refractivity contribution in [2.45, 2.75) is 53.4 Å². The molecule has 224 valence electrons. The van der Waals surface area contributed by atoms with E-state index in [-0.39, 0.29) is 11.0 Å². The van der Waals surface area contributed by atoms with Gasteiger partial charge in [0.1, 0.15) is 0 Å². The van der Waals surface area contributed by atoms with Crippen molar-refractivity contribution in [2.75, 3.05) is 34.2 Å². The second kappa shape index (κ2) is 9.80. The minimum atomic E-state index is -8.83. The third-order valence-corrected chi connectivity index (χ3v) is 8.09. The van der Waals surface area contributed by atoms with Gasteiger partial charge in [-0.1, -0.05) is 0 Å². The van der Waals surface area contributed by atoms with Crippen LogP contribution in [0.5, 0.6) is 0 Å². The summed E-state index contributed by atoms with van der Waals surface area (Å²) in [6.45, 7) is -1.32. The summed E-state index contributed by atoms with van der Waals surface area (Å²) < 4.78 is 248. The van der Waals surface area contributed by atoms with Crippen LogP contribution in [0.1, 0.15) is 6.42 Å². The van der Waals surface area contributed by atoms with Crippen molar-refractivity contribution >= 4 is 32.9 Å². The van der Waals surface area contributed by atoms with E-state index in [0.717, 1.165) is 0 Å². The van der Waals surface area contributed by atoms with Gasteiger partial charge in [-0.05, 0) is 0 Å². The first kappa shape index (κ1) is 36.4. The lowest BCUT2D eigenvalue weighted by Crippen LogP contribution is -2.75. The van der Waals surface area contributed by atoms with Gasteiger partial charge < -0.3 is 4.48 Å². The fourth-order valence-corrected chi connectivity index (χ4v) is 4.38. The Morgan fingerprint density at radius 1 is 0.595 bits per heavy atom. The molecule has 0 rings (SSSR count). The number of halogens is 18. The number of sulfonamides is 1. The van der Waals surface area contributed by atoms with E-state index >= 15 is 0 Å². The third kappa shape index (κ3) is 5.55. The molecule has 0 N–H and O–H groups in total. The van der Waals surface area contributed by atoms with E-state index in [1.165, 1.54) is 21.1 Å². The van der Waals surface area contributed by atoms with Crippen LogP contribution in [-0.4, -0.2) is 96.6 Å². The first-order chi connectivity index (χ1) is 15.6. The molecule has 0 amide bonds. The Kier molecular flexibility index (Phi) is 9.64. The van der Waals surface area contributed by atoms with Gasteiger partial charge in [0, 0.05) is 35.8 Å². The Bertz CT molecular complexity index is 927. The molecule has 23 heteroatoms. The summed E-state index contributed by atoms with van der Waals surface area (Å²) in [5, 5.41) is -7.53. The van der Waals surface area contributed by atoms with Crippen LogP contribution in [-0.2, 0) is 10.0 Å². The average Bonchev–Trinajstić information content (AvgIpc) is 2.64. The lowest BCUT2D eigenvalue weighted by Gasteiger charge is -2.42. The molecule has 0 aliphatic rings. The van der Waals surface area contributed by atoms with Crippen molar-refractivity contribution in [2.24, 2.45) is 0 Å². The van der Waals surface area contributed by atoms with Gasteiger partial charge in [0.2, 0.25) is 0 Å². The van der Waals surface area contributed by atoms with Crippen LogP contribution in [0, 0.1) is 0 Å². The molecule has 0 radical (unpaired) electrons. The Morgan fingerprint density at radius 2 is 0.892 bits per heavy atom. The molecule has 0 aromatic heterocycles. The summed E-state index contributed by atoms with van der Waals surface area (Å²) in [4.78, 5) is 0. The standard InChI is InChI=1S/C14H15F17IN2O2S/c1-34(2,3)6-4-5-33(32)37(35,36)14(30,31)12(25,26)10(21,22)8(17,18)7(15,16)9(19,20)11(23,24)13(27,28)29/h4-6H2,1-3H3/q+1. The zero-order valence-corrected chi connectivity index (χ0v) is 21.0. The van der Waals surface area contributed by atoms with E-state index in [2.05, 4.69) is 0 Å². The predicted molar refractivity (Wildman–Crippen MR) is 97.8 cm³/mol. The smallest absolute Gasteiger partial charge is 0.331 e. The lowest BCUT2D eigenvalue weighted by molar-refractivity contribution is -0.870. The maximum Gasteiger partial charge on any atom is 0.460 e. The van der Waals surface area contributed by atoms with E-state index in [0.29, 0.717) is 22.9 Å². The van der Waals surface area contributed by atoms with E-state index < -0.39 is 72.5 Å². The number of alkyl halides is 17. The zero-order valence-electron chi connectivity index (χ0n) is 18.0. The van der Waals surface area contributed by atoms with Crippen molar-refractivity contribution in [1.29, 1.82) is 0 Å². The number of quaternary nitrogens is 1. The van der Waals surface area contributed by atoms with Crippen LogP contribution < -0.4 is 0 Å². The van der Waals surface area contributed by atoms with Crippen LogP contribution in [0.4, 0.5) is 74.6 Å². The topological polar surface area (TPSA) is 37.4 Å². The summed E-state index contributed by atoms with van der Waals surface area (Å²) in [6, 6.07) is 0. The van der Waals surface area contributed by atoms with Crippen molar-refractivity contribution in [3.63, 3.8) is 0 Å². The summed E-state index contributed by atoms with van der Waals surface area (Å²) in [6.07, 6.45) is -8.36. The highest BCUT2D eigenvalue weighted by Crippen LogP contribution is 2.64. The SMILES string of the molecule is C[N+](C)(C)CCCN(I)S(=O)(=O)C(F)(F)C(F)(F)C(F)(F)C(F)(F)C(F)(F)C(F)(F)C(F)(F)C(F)(F)F. The molecular weight excluding hydrogens is 710 g/mol. The van der Waals surface area contributed by atoms with E-state index in [9.17, 15) is 83.1 Å². The number of rotatable bonds is 12. The highest BCUT2D eigenvalue weighted by molar-refractivity contribution is 14.1. The molecule has 4 nitrogen and oxygen atoms in total. The third-order valence-electron chi connectivity index (χ3n) is 4.44. The fraction of sp³-hybridized carbons (Fsp3) is 1.00. The first-order valence-corrected chi connectivity index (χ1v) is 11.2. The molecule has 0 spiro atoms. The highest BCUT2D eigenvalue weighted by Gasteiger charge is 2.96. The monoisotopic (exact) mass is 725 g/mol. The Hall–Kier alpha value is -0.590. The average molecular weight is 725 g/mol. The summed E-state index contributed by atoms with van der Waals surface area (Å²) in [5.41, 5.74) is 0. The molecular formula is C14H15F17IN2O2S+. The second-order valence-electron chi connectivity index (χ2n) is 8.34. The molecule has 0 bridgehead atoms. The molecule has 0 atom stereocenters. The molecule has 0 aliphatic heterocycles. The van der Waals surface area contributed by atoms with Gasteiger partial charge in [-0.15, -0.1) is 2.52 Å². The van der Waals surface area contributed by atoms with Crippen molar-refractivity contribution < 1.29 is 87.5 Å². The fourth-order valence-electron chi connectivity index (χ4n) is 2.23. The van der Waals surface area contributed by atoms with Crippen molar-refractivity contribution in [1.82, 2.24) is 2.52 Å². The van der Waals surface area contributed by atoms with Crippen molar-refractivity contribution in [3.8, 4) is 0 Å². The molecule has 0 saturated heterocycles. The van der Waals surface area contributed by atoms with Gasteiger partial charge in [0.15, 0.2) is 0 Å². The molecule has 0 aliphatic carbocycles. The zero-order chi connectivity index (χ0) is 30.7. The van der Waals surface area contributed by atoms with E-state index in [1.54, 1.807) is 0 Å². The molecule has 0 aromatic rings. The summed E-state index contributed by atoms with van der Waals surface area (Å²) in [5.74, 6) is -51.6. The van der Waals surface area contributed by atoms with Gasteiger partial charge >= 0.3 is 47.0 Å². The minimum absolute atomic E-state index is 0.0206. The number of hydrogen-bond acceptors (Lipinski definition) is 2. The molecule has 0 heterocycles. The quantitative estimate of drug-likeness (QED) is 0.107. The molecule has 0 saturated carbocycles. The maximum atomic E-state index is 14.1. The van der Waals surface area contributed by atoms with Crippen LogP contribution >= 0.6 is 22.9 Å². The van der Waals surface area contributed by atoms with Crippen LogP contribution in [0.15, 0.2) is 0 Å². The normalized spacial score (nSPS) is 16.5.